The van der Waals surface area contributed by atoms with Gasteiger partial charge in [-0.25, -0.2) is 4.98 Å². The van der Waals surface area contributed by atoms with Gasteiger partial charge in [-0.3, -0.25) is 0 Å². The average Bonchev–Trinajstić information content (AvgIpc) is 2.92. The SMILES string of the molecule is Cc1ccc(C)c(-c2csc(C3CNCCO3)n2)c1. The molecular formula is C15H18N2OS. The predicted octanol–water partition coefficient (Wildman–Crippen LogP) is 3.09. The normalized spacial score (nSPS) is 19.6. The number of morpholine rings is 1. The van der Waals surface area contributed by atoms with Gasteiger partial charge in [0.1, 0.15) is 11.1 Å². The maximum Gasteiger partial charge on any atom is 0.124 e. The van der Waals surface area contributed by atoms with Crippen LogP contribution < -0.4 is 5.32 Å². The molecular weight excluding hydrogens is 256 g/mol. The van der Waals surface area contributed by atoms with Crippen LogP contribution in [0.4, 0.5) is 0 Å². The summed E-state index contributed by atoms with van der Waals surface area (Å²) in [7, 11) is 0. The quantitative estimate of drug-likeness (QED) is 0.914. The van der Waals surface area contributed by atoms with E-state index in [1.807, 2.05) is 0 Å². The number of benzene rings is 1. The van der Waals surface area contributed by atoms with Crippen molar-refractivity contribution in [1.29, 1.82) is 0 Å². The Kier molecular flexibility index (Phi) is 3.64. The molecule has 3 nitrogen and oxygen atoms in total. The Morgan fingerprint density at radius 3 is 3.05 bits per heavy atom. The Hall–Kier alpha value is -1.23. The number of nitrogens with zero attached hydrogens (tertiary/aromatic N) is 1. The maximum absolute atomic E-state index is 5.75. The maximum atomic E-state index is 5.75. The minimum absolute atomic E-state index is 0.109. The fourth-order valence-electron chi connectivity index (χ4n) is 2.30. The molecule has 1 atom stereocenters. The minimum atomic E-state index is 0.109. The van der Waals surface area contributed by atoms with Crippen LogP contribution in [0, 0.1) is 13.8 Å². The molecule has 1 aliphatic rings. The van der Waals surface area contributed by atoms with Gasteiger partial charge in [0.15, 0.2) is 0 Å². The van der Waals surface area contributed by atoms with E-state index in [0.717, 1.165) is 30.4 Å². The molecule has 1 N–H and O–H groups in total. The molecule has 2 aromatic rings. The van der Waals surface area contributed by atoms with Gasteiger partial charge in [0.05, 0.1) is 12.3 Å². The predicted molar refractivity (Wildman–Crippen MR) is 78.6 cm³/mol. The lowest BCUT2D eigenvalue weighted by atomic mass is 10.0. The van der Waals surface area contributed by atoms with Crippen molar-refractivity contribution in [2.45, 2.75) is 20.0 Å². The first-order valence-corrected chi connectivity index (χ1v) is 7.47. The Morgan fingerprint density at radius 2 is 2.26 bits per heavy atom. The van der Waals surface area contributed by atoms with Crippen LogP contribution in [0.2, 0.25) is 0 Å². The van der Waals surface area contributed by atoms with Gasteiger partial charge in [0.25, 0.3) is 0 Å². The summed E-state index contributed by atoms with van der Waals surface area (Å²) < 4.78 is 5.75. The van der Waals surface area contributed by atoms with E-state index < -0.39 is 0 Å². The van der Waals surface area contributed by atoms with Gasteiger partial charge >= 0.3 is 0 Å². The van der Waals surface area contributed by atoms with Crippen LogP contribution in [-0.4, -0.2) is 24.7 Å². The summed E-state index contributed by atoms with van der Waals surface area (Å²) in [6.45, 7) is 6.81. The van der Waals surface area contributed by atoms with Gasteiger partial charge in [-0.15, -0.1) is 11.3 Å². The van der Waals surface area contributed by atoms with Gasteiger partial charge in [0.2, 0.25) is 0 Å². The lowest BCUT2D eigenvalue weighted by Crippen LogP contribution is -2.33. The molecule has 19 heavy (non-hydrogen) atoms. The van der Waals surface area contributed by atoms with Gasteiger partial charge in [0, 0.05) is 24.0 Å². The molecule has 3 rings (SSSR count). The van der Waals surface area contributed by atoms with E-state index in [-0.39, 0.29) is 6.10 Å². The minimum Gasteiger partial charge on any atom is -0.368 e. The second-order valence-corrected chi connectivity index (χ2v) is 5.84. The topological polar surface area (TPSA) is 34.1 Å². The molecule has 1 unspecified atom stereocenters. The lowest BCUT2D eigenvalue weighted by Gasteiger charge is -2.21. The molecule has 100 valence electrons. The zero-order chi connectivity index (χ0) is 13.2. The van der Waals surface area contributed by atoms with Crippen LogP contribution >= 0.6 is 11.3 Å². The third-order valence-corrected chi connectivity index (χ3v) is 4.33. The number of ether oxygens (including phenoxy) is 1. The molecule has 0 bridgehead atoms. The van der Waals surface area contributed by atoms with Gasteiger partial charge in [-0.1, -0.05) is 17.7 Å². The molecule has 1 aromatic carbocycles. The van der Waals surface area contributed by atoms with E-state index in [4.69, 9.17) is 9.72 Å². The highest BCUT2D eigenvalue weighted by atomic mass is 32.1. The highest BCUT2D eigenvalue weighted by Gasteiger charge is 2.19. The van der Waals surface area contributed by atoms with Crippen molar-refractivity contribution in [3.05, 3.63) is 39.7 Å². The van der Waals surface area contributed by atoms with Crippen molar-refractivity contribution in [1.82, 2.24) is 10.3 Å². The fraction of sp³-hybridized carbons (Fsp3) is 0.400. The monoisotopic (exact) mass is 274 g/mol. The molecule has 1 aromatic heterocycles. The number of thiazole rings is 1. The summed E-state index contributed by atoms with van der Waals surface area (Å²) in [5, 5.41) is 6.55. The third-order valence-electron chi connectivity index (χ3n) is 3.39. The van der Waals surface area contributed by atoms with Crippen LogP contribution in [0.5, 0.6) is 0 Å². The summed E-state index contributed by atoms with van der Waals surface area (Å²) >= 11 is 1.69. The molecule has 0 saturated carbocycles. The van der Waals surface area contributed by atoms with E-state index in [1.165, 1.54) is 16.7 Å². The fourth-order valence-corrected chi connectivity index (χ4v) is 3.16. The molecule has 2 heterocycles. The number of hydrogen-bond acceptors (Lipinski definition) is 4. The van der Waals surface area contributed by atoms with E-state index >= 15 is 0 Å². The van der Waals surface area contributed by atoms with Crippen molar-refractivity contribution in [2.75, 3.05) is 19.7 Å². The molecule has 1 fully saturated rings. The highest BCUT2D eigenvalue weighted by molar-refractivity contribution is 7.10. The number of nitrogens with one attached hydrogen (secondary N) is 1. The smallest absolute Gasteiger partial charge is 0.124 e. The Labute approximate surface area is 117 Å². The Morgan fingerprint density at radius 1 is 1.37 bits per heavy atom. The summed E-state index contributed by atoms with van der Waals surface area (Å²) in [6.07, 6.45) is 0.109. The Balaban J connectivity index is 1.89. The molecule has 4 heteroatoms. The largest absolute Gasteiger partial charge is 0.368 e. The molecule has 0 aliphatic carbocycles. The number of aryl methyl sites for hydroxylation is 2. The highest BCUT2D eigenvalue weighted by Crippen LogP contribution is 2.30. The van der Waals surface area contributed by atoms with Crippen molar-refractivity contribution >= 4 is 11.3 Å². The van der Waals surface area contributed by atoms with Crippen LogP contribution in [0.3, 0.4) is 0 Å². The van der Waals surface area contributed by atoms with Crippen molar-refractivity contribution < 1.29 is 4.74 Å². The van der Waals surface area contributed by atoms with E-state index in [1.54, 1.807) is 11.3 Å². The number of hydrogen-bond donors (Lipinski definition) is 1. The first kappa shape index (κ1) is 12.8. The number of aromatic nitrogens is 1. The molecule has 0 radical (unpaired) electrons. The first-order valence-electron chi connectivity index (χ1n) is 6.59. The summed E-state index contributed by atoms with van der Waals surface area (Å²) in [5.41, 5.74) is 4.83. The van der Waals surface area contributed by atoms with Crippen LogP contribution in [0.1, 0.15) is 22.2 Å². The number of rotatable bonds is 2. The molecule has 1 aliphatic heterocycles. The second kappa shape index (κ2) is 5.41. The van der Waals surface area contributed by atoms with E-state index in [2.05, 4.69) is 42.7 Å². The first-order chi connectivity index (χ1) is 9.24. The van der Waals surface area contributed by atoms with Crippen molar-refractivity contribution in [2.24, 2.45) is 0 Å². The van der Waals surface area contributed by atoms with E-state index in [9.17, 15) is 0 Å². The summed E-state index contributed by atoms with van der Waals surface area (Å²) in [6, 6.07) is 6.50. The summed E-state index contributed by atoms with van der Waals surface area (Å²) in [5.74, 6) is 0. The summed E-state index contributed by atoms with van der Waals surface area (Å²) in [4.78, 5) is 4.76. The van der Waals surface area contributed by atoms with Crippen LogP contribution in [0.25, 0.3) is 11.3 Å². The van der Waals surface area contributed by atoms with E-state index in [0.29, 0.717) is 0 Å². The van der Waals surface area contributed by atoms with Gasteiger partial charge in [-0.2, -0.15) is 0 Å². The standard InChI is InChI=1S/C15H18N2OS/c1-10-3-4-11(2)12(7-10)13-9-19-15(17-13)14-8-16-5-6-18-14/h3-4,7,9,14,16H,5-6,8H2,1-2H3. The zero-order valence-electron chi connectivity index (χ0n) is 11.3. The lowest BCUT2D eigenvalue weighted by molar-refractivity contribution is 0.0276. The average molecular weight is 274 g/mol. The Bertz CT molecular complexity index is 573. The third kappa shape index (κ3) is 2.71. The zero-order valence-corrected chi connectivity index (χ0v) is 12.1. The van der Waals surface area contributed by atoms with Crippen LogP contribution in [0.15, 0.2) is 23.6 Å². The second-order valence-electron chi connectivity index (χ2n) is 4.95. The molecule has 0 amide bonds. The van der Waals surface area contributed by atoms with Crippen molar-refractivity contribution in [3.63, 3.8) is 0 Å². The van der Waals surface area contributed by atoms with Gasteiger partial charge in [-0.05, 0) is 25.5 Å². The molecule has 1 saturated heterocycles. The van der Waals surface area contributed by atoms with Crippen LogP contribution in [-0.2, 0) is 4.74 Å². The molecule has 0 spiro atoms. The van der Waals surface area contributed by atoms with Crippen molar-refractivity contribution in [3.8, 4) is 11.3 Å². The van der Waals surface area contributed by atoms with Gasteiger partial charge < -0.3 is 10.1 Å².